The average molecular weight is 252 g/mol. The van der Waals surface area contributed by atoms with Crippen LogP contribution in [0.3, 0.4) is 0 Å². The second-order valence-electron chi connectivity index (χ2n) is 8.82. The van der Waals surface area contributed by atoms with Crippen LogP contribution in [0.25, 0.3) is 0 Å². The molecule has 3 spiro atoms. The second-order valence-corrected chi connectivity index (χ2v) is 8.82. The minimum absolute atomic E-state index is 0.364. The molecule has 5 fully saturated rings. The van der Waals surface area contributed by atoms with Gasteiger partial charge in [0.2, 0.25) is 0 Å². The third kappa shape index (κ3) is 0.738. The molecule has 5 saturated carbocycles. The van der Waals surface area contributed by atoms with Crippen molar-refractivity contribution in [2.75, 3.05) is 0 Å². The summed E-state index contributed by atoms with van der Waals surface area (Å²) in [5.41, 5.74) is 1.78. The lowest BCUT2D eigenvalue weighted by molar-refractivity contribution is 0.124. The maximum Gasteiger partial charge on any atom is 0.0870 e. The highest BCUT2D eigenvalue weighted by molar-refractivity contribution is 5.39. The van der Waals surface area contributed by atoms with Crippen molar-refractivity contribution >= 4 is 0 Å². The Hall–Kier alpha value is -0.660. The molecule has 0 aromatic carbocycles. The molecule has 2 bridgehead atoms. The number of rotatable bonds is 0. The lowest BCUT2D eigenvalue weighted by Gasteiger charge is -2.37. The maximum absolute atomic E-state index is 4.85. The highest BCUT2D eigenvalue weighted by atomic mass is 15.3. The van der Waals surface area contributed by atoms with E-state index in [4.69, 9.17) is 10.2 Å². The van der Waals surface area contributed by atoms with Crippen molar-refractivity contribution in [2.45, 2.75) is 50.1 Å². The first kappa shape index (κ1) is 9.31. The van der Waals surface area contributed by atoms with Crippen LogP contribution in [0.2, 0.25) is 0 Å². The minimum atomic E-state index is 0.364. The Morgan fingerprint density at radius 3 is 2.37 bits per heavy atom. The van der Waals surface area contributed by atoms with Gasteiger partial charge in [0.05, 0.1) is 11.6 Å². The van der Waals surface area contributed by atoms with Gasteiger partial charge in [0.25, 0.3) is 0 Å². The van der Waals surface area contributed by atoms with Crippen molar-refractivity contribution in [3.63, 3.8) is 0 Å². The van der Waals surface area contributed by atoms with E-state index in [1.807, 2.05) is 0 Å². The predicted octanol–water partition coefficient (Wildman–Crippen LogP) is 3.59. The zero-order valence-corrected chi connectivity index (χ0v) is 11.3. The van der Waals surface area contributed by atoms with Crippen LogP contribution in [0.1, 0.15) is 38.5 Å². The fourth-order valence-electron chi connectivity index (χ4n) is 7.47. The number of azo groups is 1. The van der Waals surface area contributed by atoms with Gasteiger partial charge in [0.1, 0.15) is 0 Å². The SMILES string of the molecule is C1=CC2(CC2)C2C1C1C3N=NC4(CC4)C3C2C12CC2. The van der Waals surface area contributed by atoms with Crippen molar-refractivity contribution in [1.29, 1.82) is 0 Å². The number of nitrogens with zero attached hydrogens (tertiary/aromatic N) is 2. The molecule has 6 aliphatic carbocycles. The summed E-state index contributed by atoms with van der Waals surface area (Å²) in [6.07, 6.45) is 14.0. The van der Waals surface area contributed by atoms with Gasteiger partial charge in [-0.25, -0.2) is 0 Å². The molecule has 19 heavy (non-hydrogen) atoms. The van der Waals surface area contributed by atoms with E-state index in [0.717, 1.165) is 35.0 Å². The largest absolute Gasteiger partial charge is 0.189 e. The number of hydrogen-bond donors (Lipinski definition) is 0. The van der Waals surface area contributed by atoms with Gasteiger partial charge < -0.3 is 0 Å². The van der Waals surface area contributed by atoms with E-state index < -0.39 is 0 Å². The van der Waals surface area contributed by atoms with Gasteiger partial charge in [0, 0.05) is 5.92 Å². The summed E-state index contributed by atoms with van der Waals surface area (Å²) < 4.78 is 0. The zero-order valence-electron chi connectivity index (χ0n) is 11.3. The fourth-order valence-corrected chi connectivity index (χ4v) is 7.47. The highest BCUT2D eigenvalue weighted by Gasteiger charge is 2.83. The molecule has 0 amide bonds. The van der Waals surface area contributed by atoms with Gasteiger partial charge in [-0.3, -0.25) is 0 Å². The standard InChI is InChI=1S/C17H20N2/c1-2-15(3-4-15)10-9(1)11-14-13(12(10)16(11)5-6-16)17(7-8-17)19-18-14/h1-2,9-14H,3-8H2. The van der Waals surface area contributed by atoms with Crippen LogP contribution in [0.5, 0.6) is 0 Å². The Kier molecular flexibility index (Phi) is 1.10. The van der Waals surface area contributed by atoms with Gasteiger partial charge in [-0.05, 0) is 73.0 Å². The summed E-state index contributed by atoms with van der Waals surface area (Å²) in [5.74, 6) is 4.68. The molecular formula is C17H20N2. The van der Waals surface area contributed by atoms with Crippen LogP contribution >= 0.6 is 0 Å². The average Bonchev–Trinajstić information content (AvgIpc) is 3.26. The van der Waals surface area contributed by atoms with Crippen molar-refractivity contribution < 1.29 is 0 Å². The Morgan fingerprint density at radius 1 is 0.842 bits per heavy atom. The molecule has 0 radical (unpaired) electrons. The molecule has 2 nitrogen and oxygen atoms in total. The first-order valence-electron chi connectivity index (χ1n) is 8.41. The van der Waals surface area contributed by atoms with Crippen LogP contribution in [0.4, 0.5) is 0 Å². The molecule has 7 rings (SSSR count). The Bertz CT molecular complexity index is 534. The van der Waals surface area contributed by atoms with Crippen LogP contribution in [0.15, 0.2) is 22.4 Å². The highest BCUT2D eigenvalue weighted by Crippen LogP contribution is 2.85. The van der Waals surface area contributed by atoms with E-state index >= 15 is 0 Å². The minimum Gasteiger partial charge on any atom is -0.189 e. The summed E-state index contributed by atoms with van der Waals surface area (Å²) in [5, 5.41) is 9.65. The number of allylic oxidation sites excluding steroid dienone is 2. The molecule has 0 aromatic rings. The van der Waals surface area contributed by atoms with Crippen molar-refractivity contribution in [1.82, 2.24) is 0 Å². The molecule has 6 unspecified atom stereocenters. The fraction of sp³-hybridized carbons (Fsp3) is 0.882. The van der Waals surface area contributed by atoms with E-state index in [0.29, 0.717) is 17.0 Å². The summed E-state index contributed by atoms with van der Waals surface area (Å²) in [6.45, 7) is 0. The Labute approximate surface area is 113 Å². The molecule has 2 heteroatoms. The van der Waals surface area contributed by atoms with E-state index in [1.165, 1.54) is 38.5 Å². The van der Waals surface area contributed by atoms with Crippen LogP contribution < -0.4 is 0 Å². The Balaban J connectivity index is 1.47. The third-order valence-electron chi connectivity index (χ3n) is 8.41. The molecular weight excluding hydrogens is 232 g/mol. The van der Waals surface area contributed by atoms with Crippen molar-refractivity contribution in [3.8, 4) is 0 Å². The lowest BCUT2D eigenvalue weighted by Crippen LogP contribution is -2.41. The van der Waals surface area contributed by atoms with Gasteiger partial charge >= 0.3 is 0 Å². The van der Waals surface area contributed by atoms with Crippen LogP contribution in [0, 0.1) is 40.4 Å². The normalized spacial score (nSPS) is 60.2. The van der Waals surface area contributed by atoms with E-state index in [1.54, 1.807) is 0 Å². The molecule has 0 aromatic heterocycles. The molecule has 6 atom stereocenters. The van der Waals surface area contributed by atoms with Gasteiger partial charge in [0.15, 0.2) is 0 Å². The lowest BCUT2D eigenvalue weighted by atomic mass is 9.66. The van der Waals surface area contributed by atoms with Gasteiger partial charge in [-0.1, -0.05) is 12.2 Å². The van der Waals surface area contributed by atoms with Crippen molar-refractivity contribution in [2.24, 2.45) is 50.6 Å². The van der Waals surface area contributed by atoms with Crippen LogP contribution in [-0.4, -0.2) is 11.6 Å². The zero-order chi connectivity index (χ0) is 12.0. The Morgan fingerprint density at radius 2 is 1.68 bits per heavy atom. The topological polar surface area (TPSA) is 24.7 Å². The summed E-state index contributed by atoms with van der Waals surface area (Å²) in [4.78, 5) is 0. The van der Waals surface area contributed by atoms with E-state index in [2.05, 4.69) is 12.2 Å². The summed E-state index contributed by atoms with van der Waals surface area (Å²) in [6, 6.07) is 0.634. The van der Waals surface area contributed by atoms with Crippen molar-refractivity contribution in [3.05, 3.63) is 12.2 Å². The maximum atomic E-state index is 4.85. The molecule has 0 N–H and O–H groups in total. The molecule has 1 heterocycles. The van der Waals surface area contributed by atoms with Gasteiger partial charge in [-0.2, -0.15) is 10.2 Å². The summed E-state index contributed by atoms with van der Waals surface area (Å²) >= 11 is 0. The predicted molar refractivity (Wildman–Crippen MR) is 70.5 cm³/mol. The molecule has 7 aliphatic rings. The third-order valence-corrected chi connectivity index (χ3v) is 8.41. The second kappa shape index (κ2) is 2.25. The molecule has 98 valence electrons. The monoisotopic (exact) mass is 252 g/mol. The van der Waals surface area contributed by atoms with Crippen LogP contribution in [-0.2, 0) is 0 Å². The first-order valence-corrected chi connectivity index (χ1v) is 8.41. The number of fused-ring (bicyclic) bond motifs is 8. The molecule has 1 aliphatic heterocycles. The smallest absolute Gasteiger partial charge is 0.0870 e. The quantitative estimate of drug-likeness (QED) is 0.589. The van der Waals surface area contributed by atoms with Gasteiger partial charge in [-0.15, -0.1) is 0 Å². The van der Waals surface area contributed by atoms with E-state index in [9.17, 15) is 0 Å². The molecule has 0 saturated heterocycles. The van der Waals surface area contributed by atoms with E-state index in [-0.39, 0.29) is 0 Å². The summed E-state index contributed by atoms with van der Waals surface area (Å²) in [7, 11) is 0. The number of hydrogen-bond acceptors (Lipinski definition) is 2. The first-order chi connectivity index (χ1) is 9.30.